The summed E-state index contributed by atoms with van der Waals surface area (Å²) in [5.74, 6) is -0.833. The predicted molar refractivity (Wildman–Crippen MR) is 45.4 cm³/mol. The van der Waals surface area contributed by atoms with Gasteiger partial charge in [-0.1, -0.05) is 6.07 Å². The Kier molecular flexibility index (Phi) is 5.55. The number of pyridine rings is 1. The number of carboxylic acid groups (broad SMARTS) is 1. The van der Waals surface area contributed by atoms with E-state index in [2.05, 4.69) is 4.98 Å². The second-order valence-corrected chi connectivity index (χ2v) is 2.08. The molecule has 0 spiro atoms. The highest BCUT2D eigenvalue weighted by molar-refractivity contribution is 5.62. The van der Waals surface area contributed by atoms with Gasteiger partial charge >= 0.3 is 0 Å². The molecule has 0 aliphatic rings. The van der Waals surface area contributed by atoms with Gasteiger partial charge in [0.2, 0.25) is 0 Å². The first-order valence-corrected chi connectivity index (χ1v) is 3.45. The van der Waals surface area contributed by atoms with E-state index >= 15 is 0 Å². The molecule has 66 valence electrons. The van der Waals surface area contributed by atoms with Crippen molar-refractivity contribution < 1.29 is 9.90 Å². The Morgan fingerprint density at radius 3 is 2.58 bits per heavy atom. The Bertz CT molecular complexity index is 220. The molecule has 1 aromatic rings. The Morgan fingerprint density at radius 1 is 1.75 bits per heavy atom. The van der Waals surface area contributed by atoms with Gasteiger partial charge in [-0.25, -0.2) is 0 Å². The first-order chi connectivity index (χ1) is 5.66. The molecule has 4 nitrogen and oxygen atoms in total. The minimum atomic E-state index is -0.833. The zero-order valence-electron chi connectivity index (χ0n) is 6.90. The van der Waals surface area contributed by atoms with Crippen molar-refractivity contribution in [3.05, 3.63) is 30.1 Å². The highest BCUT2D eigenvalue weighted by atomic mass is 16.4. The van der Waals surface area contributed by atoms with Crippen molar-refractivity contribution in [2.24, 2.45) is 5.73 Å². The summed E-state index contributed by atoms with van der Waals surface area (Å²) in [6.45, 7) is 1.66. The maximum atomic E-state index is 9.00. The minimum Gasteiger partial charge on any atom is -0.481 e. The van der Waals surface area contributed by atoms with Gasteiger partial charge in [-0.2, -0.15) is 0 Å². The average Bonchev–Trinajstić information content (AvgIpc) is 2.05. The normalized spacial score (nSPS) is 8.17. The van der Waals surface area contributed by atoms with Crippen LogP contribution in [0.2, 0.25) is 0 Å². The highest BCUT2D eigenvalue weighted by Gasteiger charge is 1.81. The maximum absolute atomic E-state index is 9.00. The second-order valence-electron chi connectivity index (χ2n) is 2.08. The zero-order chi connectivity index (χ0) is 9.40. The molecule has 0 atom stereocenters. The number of hydrogen-bond donors (Lipinski definition) is 2. The molecule has 3 N–H and O–H groups in total. The molecule has 0 amide bonds. The van der Waals surface area contributed by atoms with Gasteiger partial charge in [0.25, 0.3) is 5.97 Å². The molecule has 0 saturated heterocycles. The summed E-state index contributed by atoms with van der Waals surface area (Å²) in [7, 11) is 0. The lowest BCUT2D eigenvalue weighted by Crippen LogP contribution is -1.95. The molecule has 0 bridgehead atoms. The van der Waals surface area contributed by atoms with E-state index in [1.54, 1.807) is 12.4 Å². The van der Waals surface area contributed by atoms with Gasteiger partial charge in [-0.15, -0.1) is 0 Å². The summed E-state index contributed by atoms with van der Waals surface area (Å²) in [4.78, 5) is 12.9. The second kappa shape index (κ2) is 6.30. The summed E-state index contributed by atoms with van der Waals surface area (Å²) in [5.41, 5.74) is 6.39. The first-order valence-electron chi connectivity index (χ1n) is 3.45. The number of rotatable bonds is 1. The number of nitrogens with zero attached hydrogens (tertiary/aromatic N) is 1. The molecule has 0 aromatic carbocycles. The molecule has 1 aromatic heterocycles. The van der Waals surface area contributed by atoms with E-state index in [9.17, 15) is 0 Å². The number of aliphatic carboxylic acids is 1. The molecule has 0 saturated carbocycles. The zero-order valence-corrected chi connectivity index (χ0v) is 6.90. The molecule has 12 heavy (non-hydrogen) atoms. The van der Waals surface area contributed by atoms with E-state index in [1.165, 1.54) is 0 Å². The Hall–Kier alpha value is -1.42. The van der Waals surface area contributed by atoms with Crippen LogP contribution in [0, 0.1) is 0 Å². The van der Waals surface area contributed by atoms with Crippen LogP contribution in [-0.2, 0) is 11.3 Å². The third-order valence-corrected chi connectivity index (χ3v) is 0.958. The van der Waals surface area contributed by atoms with E-state index in [1.807, 2.05) is 12.1 Å². The number of nitrogens with two attached hydrogens (primary N) is 1. The van der Waals surface area contributed by atoms with Crippen LogP contribution >= 0.6 is 0 Å². The Balaban J connectivity index is 0.000000261. The van der Waals surface area contributed by atoms with Crippen molar-refractivity contribution in [2.75, 3.05) is 0 Å². The summed E-state index contributed by atoms with van der Waals surface area (Å²) < 4.78 is 0. The van der Waals surface area contributed by atoms with E-state index in [4.69, 9.17) is 15.6 Å². The third kappa shape index (κ3) is 6.70. The molecule has 0 aliphatic carbocycles. The Morgan fingerprint density at radius 2 is 2.33 bits per heavy atom. The number of carbonyl (C=O) groups is 1. The lowest BCUT2D eigenvalue weighted by atomic mass is 10.3. The van der Waals surface area contributed by atoms with Gasteiger partial charge in [0, 0.05) is 25.9 Å². The summed E-state index contributed by atoms with van der Waals surface area (Å²) >= 11 is 0. The lowest BCUT2D eigenvalue weighted by Gasteiger charge is -1.89. The smallest absolute Gasteiger partial charge is 0.300 e. The van der Waals surface area contributed by atoms with Crippen LogP contribution in [0.25, 0.3) is 0 Å². The van der Waals surface area contributed by atoms with Crippen LogP contribution in [0.15, 0.2) is 24.5 Å². The van der Waals surface area contributed by atoms with Crippen molar-refractivity contribution in [3.63, 3.8) is 0 Å². The van der Waals surface area contributed by atoms with Crippen LogP contribution in [0.1, 0.15) is 12.5 Å². The topological polar surface area (TPSA) is 76.2 Å². The standard InChI is InChI=1S/C6H8N2.C2H4O2/c7-4-6-2-1-3-8-5-6;1-2(3)4/h1-3,5H,4,7H2;1H3,(H,3,4). The van der Waals surface area contributed by atoms with Crippen LogP contribution in [-0.4, -0.2) is 16.1 Å². The van der Waals surface area contributed by atoms with E-state index < -0.39 is 5.97 Å². The number of aromatic nitrogens is 1. The quantitative estimate of drug-likeness (QED) is 0.644. The van der Waals surface area contributed by atoms with Crippen molar-refractivity contribution in [1.29, 1.82) is 0 Å². The SMILES string of the molecule is CC(=O)O.NCc1cccnc1. The molecular formula is C8H12N2O2. The Labute approximate surface area is 71.0 Å². The van der Waals surface area contributed by atoms with Crippen molar-refractivity contribution in [1.82, 2.24) is 4.98 Å². The summed E-state index contributed by atoms with van der Waals surface area (Å²) in [5, 5.41) is 7.42. The van der Waals surface area contributed by atoms with E-state index in [0.29, 0.717) is 6.54 Å². The predicted octanol–water partition coefficient (Wildman–Crippen LogP) is 0.631. The van der Waals surface area contributed by atoms with Crippen LogP contribution < -0.4 is 5.73 Å². The van der Waals surface area contributed by atoms with Crippen LogP contribution in [0.5, 0.6) is 0 Å². The van der Waals surface area contributed by atoms with Gasteiger partial charge in [-0.05, 0) is 11.6 Å². The van der Waals surface area contributed by atoms with Crippen LogP contribution in [0.3, 0.4) is 0 Å². The largest absolute Gasteiger partial charge is 0.481 e. The number of carboxylic acids is 1. The van der Waals surface area contributed by atoms with Gasteiger partial charge in [0.05, 0.1) is 0 Å². The van der Waals surface area contributed by atoms with Crippen LogP contribution in [0.4, 0.5) is 0 Å². The lowest BCUT2D eigenvalue weighted by molar-refractivity contribution is -0.134. The molecule has 0 radical (unpaired) electrons. The van der Waals surface area contributed by atoms with E-state index in [-0.39, 0.29) is 0 Å². The van der Waals surface area contributed by atoms with E-state index in [0.717, 1.165) is 12.5 Å². The highest BCUT2D eigenvalue weighted by Crippen LogP contribution is 1.90. The molecule has 1 rings (SSSR count). The van der Waals surface area contributed by atoms with Gasteiger partial charge in [0.15, 0.2) is 0 Å². The molecule has 0 aliphatic heterocycles. The summed E-state index contributed by atoms with van der Waals surface area (Å²) in [6.07, 6.45) is 3.50. The van der Waals surface area contributed by atoms with Crippen molar-refractivity contribution >= 4 is 5.97 Å². The monoisotopic (exact) mass is 168 g/mol. The van der Waals surface area contributed by atoms with Gasteiger partial charge in [-0.3, -0.25) is 9.78 Å². The fraction of sp³-hybridized carbons (Fsp3) is 0.250. The summed E-state index contributed by atoms with van der Waals surface area (Å²) in [6, 6.07) is 3.83. The minimum absolute atomic E-state index is 0.577. The molecule has 0 unspecified atom stereocenters. The van der Waals surface area contributed by atoms with Gasteiger partial charge < -0.3 is 10.8 Å². The van der Waals surface area contributed by atoms with Crippen molar-refractivity contribution in [3.8, 4) is 0 Å². The van der Waals surface area contributed by atoms with Gasteiger partial charge in [0.1, 0.15) is 0 Å². The van der Waals surface area contributed by atoms with Crippen molar-refractivity contribution in [2.45, 2.75) is 13.5 Å². The molecular weight excluding hydrogens is 156 g/mol. The fourth-order valence-corrected chi connectivity index (χ4v) is 0.519. The molecule has 4 heteroatoms. The molecule has 1 heterocycles. The number of hydrogen-bond acceptors (Lipinski definition) is 3. The average molecular weight is 168 g/mol. The molecule has 0 fully saturated rings. The first kappa shape index (κ1) is 10.6. The maximum Gasteiger partial charge on any atom is 0.300 e. The third-order valence-electron chi connectivity index (χ3n) is 0.958. The fourth-order valence-electron chi connectivity index (χ4n) is 0.519.